The lowest BCUT2D eigenvalue weighted by Gasteiger charge is -2.54. The summed E-state index contributed by atoms with van der Waals surface area (Å²) in [6, 6.07) is 0. The fraction of sp³-hybridized carbons (Fsp3) is 0.778. The molecule has 1 N–H and O–H groups in total. The smallest absolute Gasteiger partial charge is 0.471 e. The van der Waals surface area contributed by atoms with E-state index in [1.165, 1.54) is 13.8 Å². The van der Waals surface area contributed by atoms with Gasteiger partial charge < -0.3 is 10.0 Å². The monoisotopic (exact) mass is 239 g/mol. The van der Waals surface area contributed by atoms with Gasteiger partial charge in [-0.25, -0.2) is 0 Å². The molecule has 1 saturated heterocycles. The number of aliphatic carboxylic acids is 1. The standard InChI is InChI=1S/C9H12F3NO3/c1-8(2)5(3-6(14)15)4-13(8)7(16)9(10,11)12/h5H,3-4H2,1-2H3,(H,14,15). The summed E-state index contributed by atoms with van der Waals surface area (Å²) in [5.74, 6) is -3.41. The number of hydrogen-bond donors (Lipinski definition) is 1. The molecule has 92 valence electrons. The van der Waals surface area contributed by atoms with Gasteiger partial charge in [0.2, 0.25) is 0 Å². The third-order valence-corrected chi connectivity index (χ3v) is 3.01. The number of alkyl halides is 3. The summed E-state index contributed by atoms with van der Waals surface area (Å²) < 4.78 is 36.4. The Labute approximate surface area is 90.0 Å². The van der Waals surface area contributed by atoms with Crippen LogP contribution in [0.1, 0.15) is 20.3 Å². The van der Waals surface area contributed by atoms with Crippen LogP contribution >= 0.6 is 0 Å². The number of carboxylic acid groups (broad SMARTS) is 1. The van der Waals surface area contributed by atoms with Crippen LogP contribution in [0.4, 0.5) is 13.2 Å². The van der Waals surface area contributed by atoms with Crippen molar-refractivity contribution >= 4 is 11.9 Å². The first-order valence-corrected chi connectivity index (χ1v) is 4.67. The van der Waals surface area contributed by atoms with Crippen LogP contribution in [-0.2, 0) is 9.59 Å². The number of hydrogen-bond acceptors (Lipinski definition) is 2. The number of carbonyl (C=O) groups excluding carboxylic acids is 1. The molecule has 1 aliphatic rings. The fourth-order valence-corrected chi connectivity index (χ4v) is 1.81. The van der Waals surface area contributed by atoms with Crippen LogP contribution in [0.5, 0.6) is 0 Å². The van der Waals surface area contributed by atoms with E-state index in [0.29, 0.717) is 4.90 Å². The Morgan fingerprint density at radius 2 is 1.94 bits per heavy atom. The first-order chi connectivity index (χ1) is 7.06. The van der Waals surface area contributed by atoms with Gasteiger partial charge in [0, 0.05) is 18.0 Å². The minimum Gasteiger partial charge on any atom is -0.481 e. The van der Waals surface area contributed by atoms with Crippen LogP contribution in [0.15, 0.2) is 0 Å². The number of carboxylic acids is 1. The lowest BCUT2D eigenvalue weighted by molar-refractivity contribution is -0.206. The van der Waals surface area contributed by atoms with Gasteiger partial charge in [0.1, 0.15) is 0 Å². The van der Waals surface area contributed by atoms with Crippen molar-refractivity contribution in [1.82, 2.24) is 4.90 Å². The van der Waals surface area contributed by atoms with Crippen molar-refractivity contribution in [2.45, 2.75) is 32.0 Å². The quantitative estimate of drug-likeness (QED) is 0.789. The largest absolute Gasteiger partial charge is 0.481 e. The van der Waals surface area contributed by atoms with Crippen molar-refractivity contribution in [2.24, 2.45) is 5.92 Å². The second-order valence-corrected chi connectivity index (χ2v) is 4.36. The van der Waals surface area contributed by atoms with E-state index < -0.39 is 29.5 Å². The molecule has 16 heavy (non-hydrogen) atoms. The molecular formula is C9H12F3NO3. The van der Waals surface area contributed by atoms with Crippen LogP contribution in [0.25, 0.3) is 0 Å². The minimum absolute atomic E-state index is 0.155. The van der Waals surface area contributed by atoms with Gasteiger partial charge in [0.25, 0.3) is 0 Å². The van der Waals surface area contributed by atoms with Crippen LogP contribution in [-0.4, -0.2) is 40.1 Å². The molecule has 0 saturated carbocycles. The molecular weight excluding hydrogens is 227 g/mol. The lowest BCUT2D eigenvalue weighted by Crippen LogP contribution is -2.68. The first-order valence-electron chi connectivity index (χ1n) is 4.67. The number of amides is 1. The Bertz CT molecular complexity index is 324. The zero-order valence-electron chi connectivity index (χ0n) is 8.84. The summed E-state index contributed by atoms with van der Waals surface area (Å²) in [7, 11) is 0. The molecule has 7 heteroatoms. The van der Waals surface area contributed by atoms with Crippen LogP contribution < -0.4 is 0 Å². The summed E-state index contributed by atoms with van der Waals surface area (Å²) in [6.07, 6.45) is -5.12. The second-order valence-electron chi connectivity index (χ2n) is 4.36. The maximum absolute atomic E-state index is 12.1. The average molecular weight is 239 g/mol. The predicted molar refractivity (Wildman–Crippen MR) is 47.6 cm³/mol. The van der Waals surface area contributed by atoms with Crippen molar-refractivity contribution in [3.63, 3.8) is 0 Å². The zero-order chi connectivity index (χ0) is 12.7. The van der Waals surface area contributed by atoms with E-state index in [1.807, 2.05) is 0 Å². The summed E-state index contributed by atoms with van der Waals surface area (Å²) in [4.78, 5) is 22.1. The molecule has 1 aliphatic heterocycles. The molecule has 0 bridgehead atoms. The molecule has 1 atom stereocenters. The molecule has 0 aliphatic carbocycles. The Morgan fingerprint density at radius 1 is 1.44 bits per heavy atom. The highest BCUT2D eigenvalue weighted by molar-refractivity contribution is 5.83. The van der Waals surface area contributed by atoms with E-state index in [0.717, 1.165) is 0 Å². The van der Waals surface area contributed by atoms with Crippen molar-refractivity contribution < 1.29 is 27.9 Å². The average Bonchev–Trinajstić information content (AvgIpc) is 2.08. The highest BCUT2D eigenvalue weighted by Gasteiger charge is 2.56. The topological polar surface area (TPSA) is 57.6 Å². The summed E-state index contributed by atoms with van der Waals surface area (Å²) in [5.41, 5.74) is -1.05. The maximum Gasteiger partial charge on any atom is 0.471 e. The van der Waals surface area contributed by atoms with Gasteiger partial charge in [0.15, 0.2) is 0 Å². The predicted octanol–water partition coefficient (Wildman–Crippen LogP) is 1.26. The molecule has 1 amide bonds. The Morgan fingerprint density at radius 3 is 2.25 bits per heavy atom. The van der Waals surface area contributed by atoms with Gasteiger partial charge in [-0.2, -0.15) is 13.2 Å². The Kier molecular flexibility index (Phi) is 2.91. The number of halogens is 3. The SMILES string of the molecule is CC1(C)C(CC(=O)O)CN1C(=O)C(F)(F)F. The minimum atomic E-state index is -4.90. The van der Waals surface area contributed by atoms with Gasteiger partial charge in [-0.3, -0.25) is 9.59 Å². The molecule has 1 heterocycles. The van der Waals surface area contributed by atoms with E-state index in [4.69, 9.17) is 5.11 Å². The zero-order valence-corrected chi connectivity index (χ0v) is 8.84. The van der Waals surface area contributed by atoms with Crippen LogP contribution in [0, 0.1) is 5.92 Å². The molecule has 4 nitrogen and oxygen atoms in total. The highest BCUT2D eigenvalue weighted by Crippen LogP contribution is 2.40. The summed E-state index contributed by atoms with van der Waals surface area (Å²) in [6.45, 7) is 2.72. The number of likely N-dealkylation sites (tertiary alicyclic amines) is 1. The lowest BCUT2D eigenvalue weighted by atomic mass is 9.75. The van der Waals surface area contributed by atoms with E-state index in [2.05, 4.69) is 0 Å². The first kappa shape index (κ1) is 12.8. The molecule has 0 aromatic carbocycles. The molecule has 1 fully saturated rings. The Hall–Kier alpha value is -1.27. The van der Waals surface area contributed by atoms with Crippen molar-refractivity contribution in [3.05, 3.63) is 0 Å². The van der Waals surface area contributed by atoms with E-state index in [1.54, 1.807) is 0 Å². The molecule has 0 aromatic rings. The van der Waals surface area contributed by atoms with E-state index >= 15 is 0 Å². The third kappa shape index (κ3) is 2.12. The fourth-order valence-electron chi connectivity index (χ4n) is 1.81. The number of carbonyl (C=O) groups is 2. The molecule has 0 aromatic heterocycles. The van der Waals surface area contributed by atoms with Crippen molar-refractivity contribution in [3.8, 4) is 0 Å². The summed E-state index contributed by atoms with van der Waals surface area (Å²) in [5, 5.41) is 8.54. The molecule has 1 unspecified atom stereocenters. The molecule has 0 spiro atoms. The summed E-state index contributed by atoms with van der Waals surface area (Å²) >= 11 is 0. The maximum atomic E-state index is 12.1. The van der Waals surface area contributed by atoms with Gasteiger partial charge in [0.05, 0.1) is 6.42 Å². The molecule has 1 rings (SSSR count). The normalized spacial score (nSPS) is 23.8. The van der Waals surface area contributed by atoms with Gasteiger partial charge >= 0.3 is 18.1 Å². The third-order valence-electron chi connectivity index (χ3n) is 3.01. The number of rotatable bonds is 2. The second kappa shape index (κ2) is 3.64. The van der Waals surface area contributed by atoms with Crippen LogP contribution in [0.2, 0.25) is 0 Å². The van der Waals surface area contributed by atoms with Gasteiger partial charge in [-0.05, 0) is 13.8 Å². The van der Waals surface area contributed by atoms with E-state index in [-0.39, 0.29) is 13.0 Å². The van der Waals surface area contributed by atoms with Gasteiger partial charge in [-0.15, -0.1) is 0 Å². The van der Waals surface area contributed by atoms with Crippen molar-refractivity contribution in [1.29, 1.82) is 0 Å². The number of nitrogens with zero attached hydrogens (tertiary/aromatic N) is 1. The van der Waals surface area contributed by atoms with E-state index in [9.17, 15) is 22.8 Å². The van der Waals surface area contributed by atoms with Gasteiger partial charge in [-0.1, -0.05) is 0 Å². The highest BCUT2D eigenvalue weighted by atomic mass is 19.4. The van der Waals surface area contributed by atoms with Crippen molar-refractivity contribution in [2.75, 3.05) is 6.54 Å². The Balaban J connectivity index is 2.70. The van der Waals surface area contributed by atoms with Crippen LogP contribution in [0.3, 0.4) is 0 Å². The molecule has 0 radical (unpaired) electrons.